The first-order valence-electron chi connectivity index (χ1n) is 27.1. The van der Waals surface area contributed by atoms with Gasteiger partial charge in [-0.15, -0.1) is 16.4 Å². The van der Waals surface area contributed by atoms with Crippen LogP contribution in [0, 0.1) is 26.2 Å². The number of benzene rings is 2. The summed E-state index contributed by atoms with van der Waals surface area (Å²) in [4.78, 5) is 99.4. The summed E-state index contributed by atoms with van der Waals surface area (Å²) in [6, 6.07) is 15.7. The minimum Gasteiger partial charge on any atom is -0.391 e. The summed E-state index contributed by atoms with van der Waals surface area (Å²) in [7, 11) is 0. The molecular weight excluding hydrogens is 1040 g/mol. The molecule has 2 aliphatic heterocycles. The van der Waals surface area contributed by atoms with Crippen LogP contribution >= 0.6 is 11.3 Å². The van der Waals surface area contributed by atoms with Crippen LogP contribution in [0.15, 0.2) is 83.5 Å². The molecule has 9 rings (SSSR count). The molecule has 5 aromatic heterocycles. The molecule has 2 saturated heterocycles. The number of β-amino-alcohol motifs (C(OH)–C–C–N with tert-alkyl or cyclic N) is 1. The first kappa shape index (κ1) is 56.6. The van der Waals surface area contributed by atoms with E-state index in [4.69, 9.17) is 4.98 Å². The normalized spacial score (nSPS) is 16.1. The van der Waals surface area contributed by atoms with Crippen molar-refractivity contribution in [1.82, 2.24) is 65.5 Å². The number of anilines is 1. The lowest BCUT2D eigenvalue weighted by Gasteiger charge is -2.35. The molecular formula is C58H70N14O7S. The number of carbonyl (C=O) groups excluding carboxylic acids is 5. The Morgan fingerprint density at radius 1 is 0.887 bits per heavy atom. The predicted octanol–water partition coefficient (Wildman–Crippen LogP) is 5.42. The third-order valence-corrected chi connectivity index (χ3v) is 15.8. The van der Waals surface area contributed by atoms with E-state index in [1.54, 1.807) is 34.8 Å². The molecule has 0 bridgehead atoms. The van der Waals surface area contributed by atoms with Gasteiger partial charge in [0.2, 0.25) is 23.6 Å². The van der Waals surface area contributed by atoms with Gasteiger partial charge in [-0.1, -0.05) is 50.3 Å². The van der Waals surface area contributed by atoms with Gasteiger partial charge in [-0.05, 0) is 105 Å². The van der Waals surface area contributed by atoms with Crippen LogP contribution in [0.5, 0.6) is 0 Å². The van der Waals surface area contributed by atoms with Crippen LogP contribution in [0.1, 0.15) is 104 Å². The number of hydrogen-bond acceptors (Lipinski definition) is 14. The van der Waals surface area contributed by atoms with Crippen LogP contribution in [0.25, 0.3) is 32.5 Å². The zero-order chi connectivity index (χ0) is 57.0. The Bertz CT molecular complexity index is 3460. The first-order valence-corrected chi connectivity index (χ1v) is 28.0. The molecule has 2 aromatic carbocycles. The number of thiazole rings is 1. The van der Waals surface area contributed by atoms with Gasteiger partial charge in [0.1, 0.15) is 24.4 Å². The zero-order valence-electron chi connectivity index (χ0n) is 46.6. The molecule has 0 unspecified atom stereocenters. The van der Waals surface area contributed by atoms with Gasteiger partial charge >= 0.3 is 0 Å². The standard InChI is InChI=1S/C58H70N14O7S/c1-34(2)72-47-24-41(23-44(46(47)29-63-72)54(76)61-28-45-35(3)22-36(4)64-55(45)77)40-16-17-49(59-27-40)68-18-20-69(21-19-68)51(75)32-70-30-42(66-67-70)10-9-11-50(74)65-53(58(6,7)8)57(79)71-31-43(73)25-48(71)56(78)60-26-38-12-14-39(15-13-38)52-37(5)62-33-80-52/h12-17,22-24,27,29-30,33-34,43,48,53,73H,9-11,18-21,25-26,28,31-32H2,1-8H3,(H,60,78)(H,61,76)(H,64,77)(H,65,74)/t43-,48+,53+/m1/s1. The van der Waals surface area contributed by atoms with Crippen molar-refractivity contribution in [2.75, 3.05) is 37.6 Å². The lowest BCUT2D eigenvalue weighted by Crippen LogP contribution is -2.57. The third kappa shape index (κ3) is 13.0. The molecule has 80 heavy (non-hydrogen) atoms. The summed E-state index contributed by atoms with van der Waals surface area (Å²) in [5, 5.41) is 33.2. The lowest BCUT2D eigenvalue weighted by atomic mass is 9.85. The van der Waals surface area contributed by atoms with E-state index in [0.717, 1.165) is 55.4 Å². The number of rotatable bonds is 18. The van der Waals surface area contributed by atoms with E-state index in [2.05, 4.69) is 46.2 Å². The summed E-state index contributed by atoms with van der Waals surface area (Å²) < 4.78 is 3.38. The highest BCUT2D eigenvalue weighted by Gasteiger charge is 2.44. The number of aliphatic hydroxyl groups excluding tert-OH is 1. The van der Waals surface area contributed by atoms with Crippen LogP contribution in [-0.4, -0.2) is 135 Å². The topological polar surface area (TPSA) is 259 Å². The number of pyridine rings is 2. The highest BCUT2D eigenvalue weighted by Crippen LogP contribution is 2.32. The van der Waals surface area contributed by atoms with Gasteiger partial charge in [-0.25, -0.2) is 14.6 Å². The van der Waals surface area contributed by atoms with Crippen LogP contribution in [-0.2, 0) is 45.2 Å². The number of aliphatic hydroxyl groups is 1. The average Bonchev–Trinajstić information content (AvgIpc) is 4.34. The fraction of sp³-hybridized carbons (Fsp3) is 0.431. The number of likely N-dealkylation sites (tertiary alicyclic amines) is 1. The van der Waals surface area contributed by atoms with E-state index in [9.17, 15) is 33.9 Å². The molecule has 3 atom stereocenters. The lowest BCUT2D eigenvalue weighted by molar-refractivity contribution is -0.144. The van der Waals surface area contributed by atoms with Crippen molar-refractivity contribution in [3.05, 3.63) is 128 Å². The van der Waals surface area contributed by atoms with Crippen molar-refractivity contribution >= 4 is 57.6 Å². The molecule has 2 fully saturated rings. The summed E-state index contributed by atoms with van der Waals surface area (Å²) in [5.74, 6) is -0.802. The van der Waals surface area contributed by atoms with Gasteiger partial charge in [0.15, 0.2) is 0 Å². The fourth-order valence-corrected chi connectivity index (χ4v) is 11.2. The minimum atomic E-state index is -0.954. The predicted molar refractivity (Wildman–Crippen MR) is 304 cm³/mol. The number of nitrogens with one attached hydrogen (secondary N) is 4. The summed E-state index contributed by atoms with van der Waals surface area (Å²) in [6.45, 7) is 17.6. The molecule has 0 spiro atoms. The number of amides is 5. The van der Waals surface area contributed by atoms with Crippen molar-refractivity contribution in [1.29, 1.82) is 0 Å². The maximum absolute atomic E-state index is 14.2. The van der Waals surface area contributed by atoms with Gasteiger partial charge < -0.3 is 40.7 Å². The van der Waals surface area contributed by atoms with Crippen LogP contribution in [0.3, 0.4) is 0 Å². The second kappa shape index (κ2) is 24.1. The fourth-order valence-electron chi connectivity index (χ4n) is 10.4. The number of aromatic amines is 1. The smallest absolute Gasteiger partial charge is 0.253 e. The molecule has 420 valence electrons. The number of aryl methyl sites for hydroxylation is 4. The Balaban J connectivity index is 0.735. The number of fused-ring (bicyclic) bond motifs is 1. The second-order valence-corrected chi connectivity index (χ2v) is 23.1. The van der Waals surface area contributed by atoms with Gasteiger partial charge in [-0.2, -0.15) is 5.10 Å². The van der Waals surface area contributed by atoms with Gasteiger partial charge in [0, 0.05) is 99.3 Å². The van der Waals surface area contributed by atoms with E-state index in [-0.39, 0.29) is 74.3 Å². The Kier molecular flexibility index (Phi) is 17.0. The van der Waals surface area contributed by atoms with E-state index in [1.807, 2.05) is 120 Å². The van der Waals surface area contributed by atoms with Crippen LogP contribution < -0.4 is 26.4 Å². The molecule has 0 radical (unpaired) electrons. The molecule has 21 nitrogen and oxygen atoms in total. The molecule has 0 saturated carbocycles. The Morgan fingerprint density at radius 3 is 2.31 bits per heavy atom. The van der Waals surface area contributed by atoms with Crippen LogP contribution in [0.2, 0.25) is 0 Å². The van der Waals surface area contributed by atoms with Gasteiger partial charge in [0.25, 0.3) is 11.5 Å². The molecule has 7 heterocycles. The maximum atomic E-state index is 14.2. The number of hydrogen-bond donors (Lipinski definition) is 5. The van der Waals surface area contributed by atoms with E-state index >= 15 is 0 Å². The van der Waals surface area contributed by atoms with E-state index in [0.29, 0.717) is 61.2 Å². The number of piperazine rings is 1. The first-order chi connectivity index (χ1) is 38.2. The SMILES string of the molecule is Cc1cc(C)c(CNC(=O)c2cc(-c3ccc(N4CCN(C(=O)Cn5cc(CCCC(=O)N[C@@H](C(=O)N6C[C@H](O)C[C@H]6C(=O)NCc6ccc(-c7scnc7C)cc6)C(C)(C)C)nn5)CC4)nc3)cc3c2cnn3C(C)C)c(=O)[nH]1. The Hall–Kier alpha value is -8.11. The average molecular weight is 1110 g/mol. The summed E-state index contributed by atoms with van der Waals surface area (Å²) >= 11 is 1.57. The zero-order valence-corrected chi connectivity index (χ0v) is 47.4. The minimum absolute atomic E-state index is 0.00484. The van der Waals surface area contributed by atoms with Crippen molar-refractivity contribution in [2.24, 2.45) is 5.41 Å². The van der Waals surface area contributed by atoms with Crippen LogP contribution in [0.4, 0.5) is 5.82 Å². The molecule has 7 aromatic rings. The van der Waals surface area contributed by atoms with Gasteiger partial charge in [0.05, 0.1) is 45.2 Å². The monoisotopic (exact) mass is 1110 g/mol. The van der Waals surface area contributed by atoms with Gasteiger partial charge in [-0.3, -0.25) is 33.4 Å². The molecule has 22 heteroatoms. The number of carbonyl (C=O) groups is 5. The third-order valence-electron chi connectivity index (χ3n) is 14.8. The van der Waals surface area contributed by atoms with E-state index < -0.39 is 29.5 Å². The number of nitrogens with zero attached hydrogens (tertiary/aromatic N) is 10. The summed E-state index contributed by atoms with van der Waals surface area (Å²) in [6.07, 6.45) is 5.33. The number of aromatic nitrogens is 8. The molecule has 0 aliphatic carbocycles. The molecule has 5 amide bonds. The van der Waals surface area contributed by atoms with Crippen molar-refractivity contribution in [3.8, 4) is 21.6 Å². The molecule has 5 N–H and O–H groups in total. The summed E-state index contributed by atoms with van der Waals surface area (Å²) in [5.41, 5.74) is 9.29. The highest BCUT2D eigenvalue weighted by atomic mass is 32.1. The maximum Gasteiger partial charge on any atom is 0.253 e. The van der Waals surface area contributed by atoms with E-state index in [1.165, 1.54) is 9.58 Å². The Labute approximate surface area is 468 Å². The van der Waals surface area contributed by atoms with Crippen molar-refractivity contribution in [2.45, 2.75) is 125 Å². The Morgan fingerprint density at radius 2 is 1.64 bits per heavy atom. The van der Waals surface area contributed by atoms with Crippen molar-refractivity contribution < 1.29 is 29.1 Å². The van der Waals surface area contributed by atoms with Crippen molar-refractivity contribution in [3.63, 3.8) is 0 Å². The largest absolute Gasteiger partial charge is 0.391 e. The highest BCUT2D eigenvalue weighted by molar-refractivity contribution is 7.13. The number of H-pyrrole nitrogens is 1. The second-order valence-electron chi connectivity index (χ2n) is 22.2. The molecule has 2 aliphatic rings. The quantitative estimate of drug-likeness (QED) is 0.0721.